The first kappa shape index (κ1) is 12.2. The Morgan fingerprint density at radius 3 is 3.17 bits per heavy atom. The fraction of sp³-hybridized carbons (Fsp3) is 0.786. The monoisotopic (exact) mass is 248 g/mol. The topological polar surface area (TPSA) is 33.1 Å². The molecule has 2 aliphatic rings. The fourth-order valence-corrected chi connectivity index (χ4v) is 3.50. The summed E-state index contributed by atoms with van der Waals surface area (Å²) in [6.45, 7) is 6.69. The molecule has 100 valence electrons. The van der Waals surface area contributed by atoms with E-state index in [0.717, 1.165) is 19.1 Å². The Labute approximate surface area is 109 Å². The van der Waals surface area contributed by atoms with Crippen LogP contribution in [-0.4, -0.2) is 39.6 Å². The molecule has 4 nitrogen and oxygen atoms in total. The Morgan fingerprint density at radius 2 is 2.28 bits per heavy atom. The highest BCUT2D eigenvalue weighted by Gasteiger charge is 2.34. The summed E-state index contributed by atoms with van der Waals surface area (Å²) >= 11 is 0. The lowest BCUT2D eigenvalue weighted by atomic mass is 9.99. The zero-order chi connectivity index (χ0) is 12.4. The van der Waals surface area contributed by atoms with Gasteiger partial charge >= 0.3 is 0 Å². The van der Waals surface area contributed by atoms with E-state index in [-0.39, 0.29) is 0 Å². The van der Waals surface area contributed by atoms with Crippen LogP contribution in [0.1, 0.15) is 38.4 Å². The van der Waals surface area contributed by atoms with Crippen molar-refractivity contribution in [3.05, 3.63) is 18.2 Å². The molecule has 1 N–H and O–H groups in total. The molecule has 1 aromatic rings. The van der Waals surface area contributed by atoms with Crippen LogP contribution in [0.25, 0.3) is 0 Å². The van der Waals surface area contributed by atoms with Gasteiger partial charge in [-0.3, -0.25) is 4.90 Å². The number of aryl methyl sites for hydroxylation is 1. The zero-order valence-corrected chi connectivity index (χ0v) is 11.3. The molecule has 0 bridgehead atoms. The summed E-state index contributed by atoms with van der Waals surface area (Å²) in [5, 5.41) is 3.73. The van der Waals surface area contributed by atoms with Crippen molar-refractivity contribution in [2.45, 2.75) is 57.8 Å². The first-order valence-electron chi connectivity index (χ1n) is 7.36. The summed E-state index contributed by atoms with van der Waals surface area (Å²) in [7, 11) is 0. The standard InChI is InChI=1S/C14H24N4/c1-2-17-10-7-15-14(17)11-16-12-6-9-18-8-4-3-5-13(12)18/h7,10,12-13,16H,2-6,8-9,11H2,1H3. The van der Waals surface area contributed by atoms with E-state index in [4.69, 9.17) is 0 Å². The van der Waals surface area contributed by atoms with E-state index in [2.05, 4.69) is 32.9 Å². The number of fused-ring (bicyclic) bond motifs is 1. The molecule has 3 rings (SSSR count). The lowest BCUT2D eigenvalue weighted by molar-refractivity contribution is 0.180. The summed E-state index contributed by atoms with van der Waals surface area (Å²) in [6, 6.07) is 1.45. The van der Waals surface area contributed by atoms with Crippen LogP contribution in [0, 0.1) is 0 Å². The van der Waals surface area contributed by atoms with Crippen LogP contribution in [0.15, 0.2) is 12.4 Å². The van der Waals surface area contributed by atoms with Crippen LogP contribution in [-0.2, 0) is 13.1 Å². The Morgan fingerprint density at radius 1 is 1.33 bits per heavy atom. The van der Waals surface area contributed by atoms with Crippen molar-refractivity contribution >= 4 is 0 Å². The van der Waals surface area contributed by atoms with Crippen LogP contribution in [0.3, 0.4) is 0 Å². The molecule has 0 aliphatic carbocycles. The second-order valence-electron chi connectivity index (χ2n) is 5.50. The van der Waals surface area contributed by atoms with Crippen molar-refractivity contribution in [1.82, 2.24) is 19.8 Å². The van der Waals surface area contributed by atoms with Gasteiger partial charge in [0.25, 0.3) is 0 Å². The van der Waals surface area contributed by atoms with E-state index in [1.807, 2.05) is 6.20 Å². The average molecular weight is 248 g/mol. The Bertz CT molecular complexity index is 387. The Hall–Kier alpha value is -0.870. The smallest absolute Gasteiger partial charge is 0.122 e. The molecule has 2 fully saturated rings. The molecule has 0 spiro atoms. The number of piperidine rings is 1. The highest BCUT2D eigenvalue weighted by Crippen LogP contribution is 2.27. The van der Waals surface area contributed by atoms with Crippen molar-refractivity contribution in [1.29, 1.82) is 0 Å². The third-order valence-electron chi connectivity index (χ3n) is 4.52. The summed E-state index contributed by atoms with van der Waals surface area (Å²) in [5.41, 5.74) is 0. The molecule has 0 aromatic carbocycles. The third-order valence-corrected chi connectivity index (χ3v) is 4.52. The number of nitrogens with one attached hydrogen (secondary N) is 1. The third kappa shape index (κ3) is 2.31. The molecule has 2 aliphatic heterocycles. The summed E-state index contributed by atoms with van der Waals surface area (Å²) in [5.74, 6) is 1.17. The molecular formula is C14H24N4. The highest BCUT2D eigenvalue weighted by molar-refractivity contribution is 4.97. The number of hydrogen-bond acceptors (Lipinski definition) is 3. The predicted octanol–water partition coefficient (Wildman–Crippen LogP) is 1.62. The lowest BCUT2D eigenvalue weighted by Crippen LogP contribution is -2.44. The minimum Gasteiger partial charge on any atom is -0.334 e. The van der Waals surface area contributed by atoms with Crippen LogP contribution in [0.4, 0.5) is 0 Å². The molecule has 3 heterocycles. The minimum absolute atomic E-state index is 0.673. The first-order chi connectivity index (χ1) is 8.88. The first-order valence-corrected chi connectivity index (χ1v) is 7.36. The number of hydrogen-bond donors (Lipinski definition) is 1. The Kier molecular flexibility index (Phi) is 3.66. The van der Waals surface area contributed by atoms with Crippen molar-refractivity contribution in [2.75, 3.05) is 13.1 Å². The Balaban J connectivity index is 1.57. The summed E-state index contributed by atoms with van der Waals surface area (Å²) in [4.78, 5) is 7.11. The van der Waals surface area contributed by atoms with Gasteiger partial charge in [0.15, 0.2) is 0 Å². The van der Waals surface area contributed by atoms with Gasteiger partial charge in [-0.15, -0.1) is 0 Å². The minimum atomic E-state index is 0.673. The maximum absolute atomic E-state index is 4.44. The van der Waals surface area contributed by atoms with Crippen LogP contribution in [0.5, 0.6) is 0 Å². The van der Waals surface area contributed by atoms with E-state index >= 15 is 0 Å². The largest absolute Gasteiger partial charge is 0.334 e. The normalized spacial score (nSPS) is 28.5. The number of imidazole rings is 1. The van der Waals surface area contributed by atoms with Gasteiger partial charge in [0, 0.05) is 37.6 Å². The average Bonchev–Trinajstić information content (AvgIpc) is 3.02. The van der Waals surface area contributed by atoms with E-state index in [0.29, 0.717) is 6.04 Å². The quantitative estimate of drug-likeness (QED) is 0.879. The van der Waals surface area contributed by atoms with Gasteiger partial charge < -0.3 is 9.88 Å². The van der Waals surface area contributed by atoms with Gasteiger partial charge in [0.1, 0.15) is 5.82 Å². The number of rotatable bonds is 4. The number of nitrogens with zero attached hydrogens (tertiary/aromatic N) is 3. The molecule has 2 atom stereocenters. The molecule has 4 heteroatoms. The van der Waals surface area contributed by atoms with Crippen LogP contribution < -0.4 is 5.32 Å². The second kappa shape index (κ2) is 5.41. The zero-order valence-electron chi connectivity index (χ0n) is 11.3. The summed E-state index contributed by atoms with van der Waals surface area (Å²) < 4.78 is 2.22. The van der Waals surface area contributed by atoms with Gasteiger partial charge in [0.05, 0.1) is 6.54 Å². The molecule has 18 heavy (non-hydrogen) atoms. The van der Waals surface area contributed by atoms with E-state index in [9.17, 15) is 0 Å². The van der Waals surface area contributed by atoms with Gasteiger partial charge in [0.2, 0.25) is 0 Å². The highest BCUT2D eigenvalue weighted by atomic mass is 15.2. The molecular weight excluding hydrogens is 224 g/mol. The van der Waals surface area contributed by atoms with E-state index in [1.165, 1.54) is 44.6 Å². The van der Waals surface area contributed by atoms with Gasteiger partial charge in [-0.25, -0.2) is 4.98 Å². The van der Waals surface area contributed by atoms with Gasteiger partial charge in [-0.1, -0.05) is 6.42 Å². The van der Waals surface area contributed by atoms with Crippen LogP contribution in [0.2, 0.25) is 0 Å². The lowest BCUT2D eigenvalue weighted by Gasteiger charge is -2.32. The SMILES string of the molecule is CCn1ccnc1CNC1CCN2CCCCC12. The van der Waals surface area contributed by atoms with Crippen molar-refractivity contribution in [3.8, 4) is 0 Å². The van der Waals surface area contributed by atoms with E-state index < -0.39 is 0 Å². The number of aromatic nitrogens is 2. The second-order valence-corrected chi connectivity index (χ2v) is 5.50. The molecule has 2 saturated heterocycles. The molecule has 0 saturated carbocycles. The molecule has 2 unspecified atom stereocenters. The van der Waals surface area contributed by atoms with Crippen LogP contribution >= 0.6 is 0 Å². The van der Waals surface area contributed by atoms with Crippen molar-refractivity contribution in [2.24, 2.45) is 0 Å². The predicted molar refractivity (Wildman–Crippen MR) is 72.4 cm³/mol. The molecule has 1 aromatic heterocycles. The van der Waals surface area contributed by atoms with Gasteiger partial charge in [-0.2, -0.15) is 0 Å². The van der Waals surface area contributed by atoms with Crippen molar-refractivity contribution < 1.29 is 0 Å². The van der Waals surface area contributed by atoms with Crippen molar-refractivity contribution in [3.63, 3.8) is 0 Å². The van der Waals surface area contributed by atoms with Gasteiger partial charge in [-0.05, 0) is 32.7 Å². The maximum atomic E-state index is 4.44. The summed E-state index contributed by atoms with van der Waals surface area (Å²) in [6.07, 6.45) is 9.45. The molecule has 0 radical (unpaired) electrons. The molecule has 0 amide bonds. The maximum Gasteiger partial charge on any atom is 0.122 e. The fourth-order valence-electron chi connectivity index (χ4n) is 3.50. The van der Waals surface area contributed by atoms with E-state index in [1.54, 1.807) is 0 Å².